The van der Waals surface area contributed by atoms with Gasteiger partial charge in [0.25, 0.3) is 10.0 Å². The zero-order valence-electron chi connectivity index (χ0n) is 11.7. The summed E-state index contributed by atoms with van der Waals surface area (Å²) in [5.74, 6) is 0.189. The van der Waals surface area contributed by atoms with Gasteiger partial charge in [0.15, 0.2) is 0 Å². The van der Waals surface area contributed by atoms with Gasteiger partial charge >= 0.3 is 0 Å². The fourth-order valence-corrected chi connectivity index (χ4v) is 2.94. The molecule has 8 heteroatoms. The molecule has 0 atom stereocenters. The average Bonchev–Trinajstić information content (AvgIpc) is 3.21. The van der Waals surface area contributed by atoms with Crippen molar-refractivity contribution in [3.8, 4) is 0 Å². The summed E-state index contributed by atoms with van der Waals surface area (Å²) >= 11 is 0. The van der Waals surface area contributed by atoms with Crippen molar-refractivity contribution in [2.75, 3.05) is 4.72 Å². The lowest BCUT2D eigenvalue weighted by Gasteiger charge is -2.08. The van der Waals surface area contributed by atoms with Gasteiger partial charge in [0, 0.05) is 19.6 Å². The molecule has 0 amide bonds. The lowest BCUT2D eigenvalue weighted by atomic mass is 10.2. The van der Waals surface area contributed by atoms with Gasteiger partial charge in [-0.1, -0.05) is 12.1 Å². The highest BCUT2D eigenvalue weighted by atomic mass is 32.2. The quantitative estimate of drug-likeness (QED) is 0.826. The summed E-state index contributed by atoms with van der Waals surface area (Å²) in [6, 6.07) is 7.47. The van der Waals surface area contributed by atoms with Crippen molar-refractivity contribution in [3.05, 3.63) is 36.2 Å². The van der Waals surface area contributed by atoms with Crippen molar-refractivity contribution in [2.45, 2.75) is 30.3 Å². The lowest BCUT2D eigenvalue weighted by molar-refractivity contribution is 0.600. The molecule has 1 aromatic carbocycles. The summed E-state index contributed by atoms with van der Waals surface area (Å²) in [6.07, 6.45) is 3.76. The van der Waals surface area contributed by atoms with E-state index in [1.807, 2.05) is 12.1 Å². The molecule has 7 nitrogen and oxygen atoms in total. The highest BCUT2D eigenvalue weighted by Crippen LogP contribution is 2.20. The Morgan fingerprint density at radius 2 is 2.00 bits per heavy atom. The summed E-state index contributed by atoms with van der Waals surface area (Å²) in [5.41, 5.74) is 1.07. The second-order valence-electron chi connectivity index (χ2n) is 5.11. The van der Waals surface area contributed by atoms with Crippen LogP contribution in [0.3, 0.4) is 0 Å². The molecule has 1 aliphatic carbocycles. The number of benzene rings is 1. The summed E-state index contributed by atoms with van der Waals surface area (Å²) in [7, 11) is -2.01. The van der Waals surface area contributed by atoms with E-state index >= 15 is 0 Å². The first-order chi connectivity index (χ1) is 10.0. The molecule has 21 heavy (non-hydrogen) atoms. The van der Waals surface area contributed by atoms with E-state index in [4.69, 9.17) is 0 Å². The van der Waals surface area contributed by atoms with Crippen LogP contribution in [-0.2, 0) is 23.6 Å². The number of nitrogens with one attached hydrogen (secondary N) is 2. The molecule has 0 unspecified atom stereocenters. The number of anilines is 1. The third-order valence-electron chi connectivity index (χ3n) is 3.34. The maximum Gasteiger partial charge on any atom is 0.264 e. The Balaban J connectivity index is 1.71. The third kappa shape index (κ3) is 3.40. The summed E-state index contributed by atoms with van der Waals surface area (Å²) in [5, 5.41) is 7.21. The fraction of sp³-hybridized carbons (Fsp3) is 0.385. The highest BCUT2D eigenvalue weighted by Gasteiger charge is 2.20. The normalized spacial score (nSPS) is 15.1. The average molecular weight is 307 g/mol. The first-order valence-corrected chi connectivity index (χ1v) is 8.22. The minimum absolute atomic E-state index is 0.189. The molecule has 1 heterocycles. The third-order valence-corrected chi connectivity index (χ3v) is 4.69. The standard InChI is InChI=1S/C13H17N5O2S/c1-18-13(15-9-16-18)17-21(19,20)12-6-2-10(3-7-12)8-14-11-4-5-11/h2-3,6-7,9,11,14H,4-5,8H2,1H3,(H,15,16,17). The molecule has 3 rings (SSSR count). The molecule has 1 saturated carbocycles. The smallest absolute Gasteiger partial charge is 0.264 e. The van der Waals surface area contributed by atoms with Crippen LogP contribution in [0, 0.1) is 0 Å². The van der Waals surface area contributed by atoms with Crippen LogP contribution in [0.4, 0.5) is 5.95 Å². The SMILES string of the molecule is Cn1ncnc1NS(=O)(=O)c1ccc(CNC2CC2)cc1. The molecule has 2 N–H and O–H groups in total. The van der Waals surface area contributed by atoms with Crippen LogP contribution < -0.4 is 10.0 Å². The Morgan fingerprint density at radius 1 is 1.29 bits per heavy atom. The first-order valence-electron chi connectivity index (χ1n) is 6.74. The van der Waals surface area contributed by atoms with Crippen molar-refractivity contribution in [2.24, 2.45) is 7.05 Å². The summed E-state index contributed by atoms with van der Waals surface area (Å²) < 4.78 is 28.2. The Labute approximate surface area is 123 Å². The molecular formula is C13H17N5O2S. The van der Waals surface area contributed by atoms with Gasteiger partial charge < -0.3 is 5.32 Å². The van der Waals surface area contributed by atoms with Crippen LogP contribution in [0.15, 0.2) is 35.5 Å². The Hall–Kier alpha value is -1.93. The topological polar surface area (TPSA) is 88.9 Å². The van der Waals surface area contributed by atoms with Crippen molar-refractivity contribution in [1.29, 1.82) is 0 Å². The number of aryl methyl sites for hydroxylation is 1. The van der Waals surface area contributed by atoms with E-state index in [-0.39, 0.29) is 10.8 Å². The number of sulfonamides is 1. The molecule has 0 radical (unpaired) electrons. The molecule has 112 valence electrons. The summed E-state index contributed by atoms with van der Waals surface area (Å²) in [6.45, 7) is 0.766. The number of nitrogens with zero attached hydrogens (tertiary/aromatic N) is 3. The van der Waals surface area contributed by atoms with Crippen LogP contribution in [0.2, 0.25) is 0 Å². The van der Waals surface area contributed by atoms with Gasteiger partial charge in [0.05, 0.1) is 4.90 Å². The molecule has 2 aromatic rings. The number of hydrogen-bond donors (Lipinski definition) is 2. The largest absolute Gasteiger partial charge is 0.310 e. The van der Waals surface area contributed by atoms with Crippen LogP contribution in [-0.4, -0.2) is 29.2 Å². The van der Waals surface area contributed by atoms with E-state index in [1.165, 1.54) is 23.9 Å². The van der Waals surface area contributed by atoms with Crippen molar-refractivity contribution in [3.63, 3.8) is 0 Å². The summed E-state index contributed by atoms with van der Waals surface area (Å²) in [4.78, 5) is 4.06. The molecule has 0 aliphatic heterocycles. The van der Waals surface area contributed by atoms with Gasteiger partial charge in [-0.25, -0.2) is 17.8 Å². The van der Waals surface area contributed by atoms with Crippen LogP contribution >= 0.6 is 0 Å². The first kappa shape index (κ1) is 14.0. The van der Waals surface area contributed by atoms with Gasteiger partial charge in [0.2, 0.25) is 5.95 Å². The Morgan fingerprint density at radius 3 is 2.57 bits per heavy atom. The van der Waals surface area contributed by atoms with Crippen molar-refractivity contribution < 1.29 is 8.42 Å². The maximum atomic E-state index is 12.2. The molecule has 0 bridgehead atoms. The van der Waals surface area contributed by atoms with Gasteiger partial charge in [-0.2, -0.15) is 10.1 Å². The molecule has 0 spiro atoms. The zero-order valence-corrected chi connectivity index (χ0v) is 12.5. The van der Waals surface area contributed by atoms with E-state index < -0.39 is 10.0 Å². The molecule has 1 fully saturated rings. The predicted octanol–water partition coefficient (Wildman–Crippen LogP) is 0.868. The number of rotatable bonds is 6. The number of hydrogen-bond acceptors (Lipinski definition) is 5. The minimum Gasteiger partial charge on any atom is -0.310 e. The second-order valence-corrected chi connectivity index (χ2v) is 6.79. The van der Waals surface area contributed by atoms with Crippen LogP contribution in [0.25, 0.3) is 0 Å². The van der Waals surface area contributed by atoms with E-state index in [2.05, 4.69) is 20.1 Å². The maximum absolute atomic E-state index is 12.2. The van der Waals surface area contributed by atoms with Crippen molar-refractivity contribution in [1.82, 2.24) is 20.1 Å². The van der Waals surface area contributed by atoms with Crippen LogP contribution in [0.1, 0.15) is 18.4 Å². The van der Waals surface area contributed by atoms with Gasteiger partial charge in [-0.3, -0.25) is 0 Å². The monoisotopic (exact) mass is 307 g/mol. The van der Waals surface area contributed by atoms with E-state index in [1.54, 1.807) is 19.2 Å². The van der Waals surface area contributed by atoms with Gasteiger partial charge in [-0.05, 0) is 30.5 Å². The molecular weight excluding hydrogens is 290 g/mol. The van der Waals surface area contributed by atoms with Crippen molar-refractivity contribution >= 4 is 16.0 Å². The Kier molecular flexibility index (Phi) is 3.64. The minimum atomic E-state index is -3.64. The zero-order chi connectivity index (χ0) is 14.9. The van der Waals surface area contributed by atoms with Gasteiger partial charge in [0.1, 0.15) is 6.33 Å². The van der Waals surface area contributed by atoms with Crippen LogP contribution in [0.5, 0.6) is 0 Å². The van der Waals surface area contributed by atoms with E-state index in [9.17, 15) is 8.42 Å². The van der Waals surface area contributed by atoms with E-state index in [0.29, 0.717) is 6.04 Å². The van der Waals surface area contributed by atoms with Gasteiger partial charge in [-0.15, -0.1) is 0 Å². The molecule has 1 aromatic heterocycles. The molecule has 1 aliphatic rings. The second kappa shape index (κ2) is 5.45. The highest BCUT2D eigenvalue weighted by molar-refractivity contribution is 7.92. The fourth-order valence-electron chi connectivity index (χ4n) is 1.90. The lowest BCUT2D eigenvalue weighted by Crippen LogP contribution is -2.17. The number of aromatic nitrogens is 3. The Bertz CT molecular complexity index is 719. The van der Waals surface area contributed by atoms with E-state index in [0.717, 1.165) is 12.1 Å². The predicted molar refractivity (Wildman–Crippen MR) is 78.1 cm³/mol. The molecule has 0 saturated heterocycles.